The molecule has 2 nitrogen and oxygen atoms in total. The molecule has 1 heterocycles. The molecule has 2 rings (SSSR count). The minimum atomic E-state index is -0.287. The van der Waals surface area contributed by atoms with Crippen molar-refractivity contribution in [3.8, 4) is 0 Å². The van der Waals surface area contributed by atoms with Crippen molar-refractivity contribution in [2.75, 3.05) is 6.54 Å². The van der Waals surface area contributed by atoms with Gasteiger partial charge in [-0.2, -0.15) is 12.6 Å². The van der Waals surface area contributed by atoms with Crippen molar-refractivity contribution in [1.29, 1.82) is 0 Å². The number of carbonyl (C=O) groups excluding carboxylic acids is 1. The number of likely N-dealkylation sites (tertiary alicyclic amines) is 1. The van der Waals surface area contributed by atoms with Crippen LogP contribution in [0.1, 0.15) is 12.0 Å². The standard InChI is InChI=1S/C11H11BrFNOS/c12-8-2-1-7(10(13)3-8)5-14-6-9(16)4-11(14)15/h1-3,9,16H,4-6H2. The van der Waals surface area contributed by atoms with E-state index in [4.69, 9.17) is 0 Å². The van der Waals surface area contributed by atoms with Crippen molar-refractivity contribution in [3.05, 3.63) is 34.1 Å². The number of nitrogens with zero attached hydrogens (tertiary/aromatic N) is 1. The Morgan fingerprint density at radius 3 is 2.88 bits per heavy atom. The molecule has 0 spiro atoms. The van der Waals surface area contributed by atoms with Gasteiger partial charge in [0.2, 0.25) is 5.91 Å². The molecule has 0 N–H and O–H groups in total. The smallest absolute Gasteiger partial charge is 0.224 e. The number of hydrogen-bond acceptors (Lipinski definition) is 2. The molecule has 1 aromatic carbocycles. The Kier molecular flexibility index (Phi) is 3.54. The van der Waals surface area contributed by atoms with Crippen LogP contribution in [0.3, 0.4) is 0 Å². The van der Waals surface area contributed by atoms with E-state index in [2.05, 4.69) is 28.6 Å². The zero-order chi connectivity index (χ0) is 11.7. The molecule has 1 atom stereocenters. The normalized spacial score (nSPS) is 20.6. The van der Waals surface area contributed by atoms with E-state index in [0.717, 1.165) is 0 Å². The van der Waals surface area contributed by atoms with E-state index in [-0.39, 0.29) is 17.0 Å². The molecule has 1 fully saturated rings. The van der Waals surface area contributed by atoms with Crippen LogP contribution in [0.2, 0.25) is 0 Å². The quantitative estimate of drug-likeness (QED) is 0.833. The lowest BCUT2D eigenvalue weighted by Gasteiger charge is -2.16. The molecule has 1 unspecified atom stereocenters. The van der Waals surface area contributed by atoms with Gasteiger partial charge in [0.25, 0.3) is 0 Å². The zero-order valence-corrected chi connectivity index (χ0v) is 11.0. The average molecular weight is 304 g/mol. The molecule has 1 aromatic rings. The third kappa shape index (κ3) is 2.58. The van der Waals surface area contributed by atoms with Gasteiger partial charge >= 0.3 is 0 Å². The molecule has 1 aliphatic heterocycles. The maximum Gasteiger partial charge on any atom is 0.224 e. The predicted octanol–water partition coefficient (Wildman–Crippen LogP) is 2.62. The minimum absolute atomic E-state index is 0.0438. The lowest BCUT2D eigenvalue weighted by Crippen LogP contribution is -2.25. The Balaban J connectivity index is 2.12. The van der Waals surface area contributed by atoms with Gasteiger partial charge in [0, 0.05) is 34.8 Å². The summed E-state index contributed by atoms with van der Waals surface area (Å²) < 4.78 is 14.2. The fraction of sp³-hybridized carbons (Fsp3) is 0.364. The molecule has 0 saturated carbocycles. The first-order valence-electron chi connectivity index (χ1n) is 4.96. The highest BCUT2D eigenvalue weighted by molar-refractivity contribution is 9.10. The summed E-state index contributed by atoms with van der Waals surface area (Å²) in [4.78, 5) is 13.2. The zero-order valence-electron chi connectivity index (χ0n) is 8.49. The molecule has 0 bridgehead atoms. The van der Waals surface area contributed by atoms with Gasteiger partial charge < -0.3 is 4.90 Å². The van der Waals surface area contributed by atoms with Crippen molar-refractivity contribution >= 4 is 34.5 Å². The summed E-state index contributed by atoms with van der Waals surface area (Å²) in [6.45, 7) is 0.923. The molecule has 0 aliphatic carbocycles. The maximum atomic E-state index is 13.5. The Hall–Kier alpha value is -0.550. The molecule has 0 aromatic heterocycles. The second kappa shape index (κ2) is 4.75. The largest absolute Gasteiger partial charge is 0.337 e. The average Bonchev–Trinajstić information content (AvgIpc) is 2.50. The molecular weight excluding hydrogens is 293 g/mol. The summed E-state index contributed by atoms with van der Waals surface area (Å²) in [5.74, 6) is -0.243. The van der Waals surface area contributed by atoms with Crippen LogP contribution in [-0.2, 0) is 11.3 Å². The first-order valence-corrected chi connectivity index (χ1v) is 6.27. The van der Waals surface area contributed by atoms with E-state index in [1.54, 1.807) is 17.0 Å². The van der Waals surface area contributed by atoms with Crippen LogP contribution in [0.4, 0.5) is 4.39 Å². The highest BCUT2D eigenvalue weighted by Gasteiger charge is 2.27. The summed E-state index contributed by atoms with van der Waals surface area (Å²) in [6, 6.07) is 4.88. The fourth-order valence-electron chi connectivity index (χ4n) is 1.76. The first kappa shape index (κ1) is 11.9. The second-order valence-corrected chi connectivity index (χ2v) is 5.51. The maximum absolute atomic E-state index is 13.5. The Bertz CT molecular complexity index is 426. The van der Waals surface area contributed by atoms with Gasteiger partial charge in [-0.3, -0.25) is 4.79 Å². The van der Waals surface area contributed by atoms with Crippen molar-refractivity contribution in [1.82, 2.24) is 4.90 Å². The predicted molar refractivity (Wildman–Crippen MR) is 66.9 cm³/mol. The number of carbonyl (C=O) groups is 1. The SMILES string of the molecule is O=C1CC(S)CN1Cc1ccc(Br)cc1F. The van der Waals surface area contributed by atoms with Crippen LogP contribution in [-0.4, -0.2) is 22.6 Å². The van der Waals surface area contributed by atoms with Gasteiger partial charge in [0.1, 0.15) is 5.82 Å². The molecule has 5 heteroatoms. The van der Waals surface area contributed by atoms with E-state index >= 15 is 0 Å². The van der Waals surface area contributed by atoms with Gasteiger partial charge in [0.15, 0.2) is 0 Å². The molecular formula is C11H11BrFNOS. The number of halogens is 2. The van der Waals surface area contributed by atoms with Gasteiger partial charge in [0.05, 0.1) is 0 Å². The van der Waals surface area contributed by atoms with E-state index < -0.39 is 0 Å². The highest BCUT2D eigenvalue weighted by Crippen LogP contribution is 2.21. The van der Waals surface area contributed by atoms with Crippen molar-refractivity contribution in [3.63, 3.8) is 0 Å². The highest BCUT2D eigenvalue weighted by atomic mass is 79.9. The van der Waals surface area contributed by atoms with Crippen LogP contribution in [0.25, 0.3) is 0 Å². The number of amides is 1. The summed E-state index contributed by atoms with van der Waals surface area (Å²) in [7, 11) is 0. The Morgan fingerprint density at radius 1 is 1.56 bits per heavy atom. The van der Waals surface area contributed by atoms with Crippen molar-refractivity contribution < 1.29 is 9.18 Å². The third-order valence-corrected chi connectivity index (χ3v) is 3.41. The van der Waals surface area contributed by atoms with Gasteiger partial charge in [-0.05, 0) is 12.1 Å². The molecule has 0 radical (unpaired) electrons. The van der Waals surface area contributed by atoms with Crippen LogP contribution in [0.15, 0.2) is 22.7 Å². The van der Waals surface area contributed by atoms with Gasteiger partial charge in [-0.1, -0.05) is 22.0 Å². The van der Waals surface area contributed by atoms with E-state index in [1.807, 2.05) is 0 Å². The summed E-state index contributed by atoms with van der Waals surface area (Å²) >= 11 is 7.45. The third-order valence-electron chi connectivity index (χ3n) is 2.57. The summed E-state index contributed by atoms with van der Waals surface area (Å²) in [6.07, 6.45) is 0.446. The second-order valence-electron chi connectivity index (χ2n) is 3.87. The lowest BCUT2D eigenvalue weighted by atomic mass is 10.2. The monoisotopic (exact) mass is 303 g/mol. The van der Waals surface area contributed by atoms with E-state index in [1.165, 1.54) is 6.07 Å². The number of benzene rings is 1. The molecule has 16 heavy (non-hydrogen) atoms. The van der Waals surface area contributed by atoms with E-state index in [9.17, 15) is 9.18 Å². The van der Waals surface area contributed by atoms with E-state index in [0.29, 0.717) is 29.5 Å². The van der Waals surface area contributed by atoms with Crippen molar-refractivity contribution in [2.45, 2.75) is 18.2 Å². The van der Waals surface area contributed by atoms with Gasteiger partial charge in [-0.25, -0.2) is 4.39 Å². The van der Waals surface area contributed by atoms with Crippen LogP contribution in [0, 0.1) is 5.82 Å². The lowest BCUT2D eigenvalue weighted by molar-refractivity contribution is -0.128. The molecule has 1 saturated heterocycles. The van der Waals surface area contributed by atoms with Crippen molar-refractivity contribution in [2.24, 2.45) is 0 Å². The van der Waals surface area contributed by atoms with Crippen LogP contribution < -0.4 is 0 Å². The Labute approximate surface area is 107 Å². The Morgan fingerprint density at radius 2 is 2.31 bits per heavy atom. The van der Waals surface area contributed by atoms with Crippen LogP contribution >= 0.6 is 28.6 Å². The molecule has 1 amide bonds. The fourth-order valence-corrected chi connectivity index (χ4v) is 2.45. The summed E-state index contributed by atoms with van der Waals surface area (Å²) in [5, 5.41) is 0.0750. The van der Waals surface area contributed by atoms with Crippen LogP contribution in [0.5, 0.6) is 0 Å². The summed E-state index contributed by atoms with van der Waals surface area (Å²) in [5.41, 5.74) is 0.541. The minimum Gasteiger partial charge on any atom is -0.337 e. The number of thiol groups is 1. The number of rotatable bonds is 2. The van der Waals surface area contributed by atoms with Gasteiger partial charge in [-0.15, -0.1) is 0 Å². The topological polar surface area (TPSA) is 20.3 Å². The molecule has 86 valence electrons. The number of hydrogen-bond donors (Lipinski definition) is 1. The first-order chi connectivity index (χ1) is 7.56. The molecule has 1 aliphatic rings.